The summed E-state index contributed by atoms with van der Waals surface area (Å²) in [5, 5.41) is 29.2. The molecule has 0 spiro atoms. The van der Waals surface area contributed by atoms with E-state index in [9.17, 15) is 29.7 Å². The van der Waals surface area contributed by atoms with Gasteiger partial charge >= 0.3 is 17.4 Å². The van der Waals surface area contributed by atoms with Crippen LogP contribution in [0.1, 0.15) is 20.8 Å². The molecule has 0 aromatic carbocycles. The quantitative estimate of drug-likeness (QED) is 0.374. The van der Waals surface area contributed by atoms with Crippen molar-refractivity contribution in [1.82, 2.24) is 0 Å². The molecule has 0 amide bonds. The van der Waals surface area contributed by atoms with Gasteiger partial charge in [-0.15, -0.1) is 0 Å². The van der Waals surface area contributed by atoms with Crippen LogP contribution in [0, 0.1) is 0 Å². The van der Waals surface area contributed by atoms with Crippen LogP contribution in [-0.4, -0.2) is 35.3 Å². The Hall–Kier alpha value is -0.398. The molecule has 0 atom stereocenters. The number of carbonyl (C=O) groups is 3. The molecule has 0 aliphatic rings. The maximum Gasteiger partial charge on any atom is 3.00 e. The molecule has 0 rings (SSSR count). The molecule has 120 valence electrons. The average Bonchev–Trinajstić information content (AvgIpc) is 2.45. The summed E-state index contributed by atoms with van der Waals surface area (Å²) in [7, 11) is 0. The molecule has 0 aromatic heterocycles. The number of carbonyl (C=O) groups excluding carboxylic acids is 3. The zero-order chi connectivity index (χ0) is 17.6. The number of carboxylic acid groups (broad SMARTS) is 3. The molecule has 6 nitrogen and oxygen atoms in total. The first-order chi connectivity index (χ1) is 9.54. The molecule has 0 radical (unpaired) electrons. The van der Waals surface area contributed by atoms with Gasteiger partial charge in [0, 0.05) is 0 Å². The molecule has 0 heterocycles. The van der Waals surface area contributed by atoms with Gasteiger partial charge < -0.3 is 29.7 Å². The topological polar surface area (TPSA) is 120 Å². The molecule has 10 heteroatoms. The Morgan fingerprint density at radius 3 is 0.773 bits per heavy atom. The second-order valence-electron chi connectivity index (χ2n) is 3.24. The Labute approximate surface area is 164 Å². The van der Waals surface area contributed by atoms with E-state index in [4.69, 9.17) is 0 Å². The summed E-state index contributed by atoms with van der Waals surface area (Å²) in [5.41, 5.74) is 0.583. The maximum atomic E-state index is 9.72. The smallest absolute Gasteiger partial charge is 0.545 e. The molecular weight excluding hydrogens is 507 g/mol. The first-order valence-corrected chi connectivity index (χ1v) is 7.74. The van der Waals surface area contributed by atoms with Gasteiger partial charge in [0.05, 0.1) is 17.9 Å². The second-order valence-corrected chi connectivity index (χ2v) is 4.61. The zero-order valence-electron chi connectivity index (χ0n) is 11.9. The van der Waals surface area contributed by atoms with Gasteiger partial charge in [-0.1, -0.05) is 47.8 Å². The number of halogens is 3. The monoisotopic (exact) mass is 516 g/mol. The summed E-state index contributed by atoms with van der Waals surface area (Å²) in [6, 6.07) is 0. The van der Waals surface area contributed by atoms with E-state index in [2.05, 4.69) is 47.8 Å². The predicted molar refractivity (Wildman–Crippen MR) is 88.8 cm³/mol. The van der Waals surface area contributed by atoms with Crippen molar-refractivity contribution in [3.63, 3.8) is 0 Å². The summed E-state index contributed by atoms with van der Waals surface area (Å²) in [6.45, 7) is 4.35. The molecule has 0 bridgehead atoms. The van der Waals surface area contributed by atoms with Gasteiger partial charge in [0.1, 0.15) is 0 Å². The zero-order valence-corrected chi connectivity index (χ0v) is 17.8. The van der Waals surface area contributed by atoms with Crippen molar-refractivity contribution in [3.05, 3.63) is 31.7 Å². The second kappa shape index (κ2) is 18.7. The van der Waals surface area contributed by atoms with E-state index in [1.807, 2.05) is 0 Å². The van der Waals surface area contributed by atoms with Gasteiger partial charge in [-0.3, -0.25) is 0 Å². The molecule has 0 saturated heterocycles. The number of hydrogen-bond acceptors (Lipinski definition) is 6. The number of aliphatic carboxylic acids is 3. The van der Waals surface area contributed by atoms with Crippen molar-refractivity contribution in [1.29, 1.82) is 0 Å². The summed E-state index contributed by atoms with van der Waals surface area (Å²) >= 11 is 8.50. The third-order valence-corrected chi connectivity index (χ3v) is 3.52. The Morgan fingerprint density at radius 2 is 0.773 bits per heavy atom. The normalized spacial score (nSPS) is 10.9. The van der Waals surface area contributed by atoms with E-state index in [0.29, 0.717) is 0 Å². The van der Waals surface area contributed by atoms with E-state index >= 15 is 0 Å². The summed E-state index contributed by atoms with van der Waals surface area (Å²) < 4.78 is 0. The molecule has 22 heavy (non-hydrogen) atoms. The first-order valence-electron chi connectivity index (χ1n) is 5.00. The van der Waals surface area contributed by atoms with Gasteiger partial charge in [0.15, 0.2) is 0 Å². The van der Waals surface area contributed by atoms with Crippen LogP contribution in [0.15, 0.2) is 31.7 Å². The summed E-state index contributed by atoms with van der Waals surface area (Å²) in [4.78, 5) is 33.1. The SMILES string of the molecule is CC(=CBr)C(=O)[O-].CC(=CBr)C(=O)[O-].CC(=CBr)C(=O)[O-].[Al+3]. The standard InChI is InChI=1S/3C4H5BrO2.Al/c3*1-3(2-5)4(6)7;/h3*2H,1H3,(H,6,7);/q;;;+3/p-3. The maximum absolute atomic E-state index is 9.72. The van der Waals surface area contributed by atoms with Gasteiger partial charge in [-0.05, 0) is 52.4 Å². The summed E-state index contributed by atoms with van der Waals surface area (Å²) in [6.07, 6.45) is 0. The van der Waals surface area contributed by atoms with E-state index in [-0.39, 0.29) is 34.1 Å². The minimum Gasteiger partial charge on any atom is -0.545 e. The number of rotatable bonds is 3. The Balaban J connectivity index is -0.000000108. The largest absolute Gasteiger partial charge is 3.00 e. The Kier molecular flexibility index (Phi) is 25.1. The Bertz CT molecular complexity index is 391. The molecule has 0 fully saturated rings. The number of hydrogen-bond donors (Lipinski definition) is 0. The van der Waals surface area contributed by atoms with Gasteiger partial charge in [0.25, 0.3) is 0 Å². The van der Waals surface area contributed by atoms with E-state index in [0.717, 1.165) is 0 Å². The number of carboxylic acids is 3. The van der Waals surface area contributed by atoms with Crippen LogP contribution in [0.5, 0.6) is 0 Å². The van der Waals surface area contributed by atoms with Crippen LogP contribution >= 0.6 is 47.8 Å². The van der Waals surface area contributed by atoms with Crippen molar-refractivity contribution >= 4 is 83.1 Å². The van der Waals surface area contributed by atoms with Crippen LogP contribution in [-0.2, 0) is 14.4 Å². The van der Waals surface area contributed by atoms with E-state index < -0.39 is 17.9 Å². The fourth-order valence-electron chi connectivity index (χ4n) is 0.134. The predicted octanol–water partition coefficient (Wildman–Crippen LogP) is -0.276. The fourth-order valence-corrected chi connectivity index (χ4v) is 0.694. The van der Waals surface area contributed by atoms with E-state index in [1.54, 1.807) is 0 Å². The van der Waals surface area contributed by atoms with Crippen LogP contribution in [0.2, 0.25) is 0 Å². The molecule has 0 aliphatic heterocycles. The minimum atomic E-state index is -1.14. The van der Waals surface area contributed by atoms with Crippen LogP contribution < -0.4 is 15.3 Å². The van der Waals surface area contributed by atoms with Crippen molar-refractivity contribution in [3.8, 4) is 0 Å². The molecule has 0 unspecified atom stereocenters. The van der Waals surface area contributed by atoms with Gasteiger partial charge in [0.2, 0.25) is 0 Å². The molecule has 0 aromatic rings. The Morgan fingerprint density at radius 1 is 0.636 bits per heavy atom. The molecule has 0 saturated carbocycles. The van der Waals surface area contributed by atoms with Crippen molar-refractivity contribution in [2.45, 2.75) is 20.8 Å². The molecule has 0 N–H and O–H groups in total. The fraction of sp³-hybridized carbons (Fsp3) is 0.250. The first kappa shape index (κ1) is 29.6. The van der Waals surface area contributed by atoms with Crippen molar-refractivity contribution < 1.29 is 29.7 Å². The third kappa shape index (κ3) is 21.9. The van der Waals surface area contributed by atoms with E-state index in [1.165, 1.54) is 35.7 Å². The minimum absolute atomic E-state index is 0. The van der Waals surface area contributed by atoms with Crippen LogP contribution in [0.25, 0.3) is 0 Å². The molecule has 0 aliphatic carbocycles. The average molecular weight is 519 g/mol. The van der Waals surface area contributed by atoms with Crippen molar-refractivity contribution in [2.75, 3.05) is 0 Å². The van der Waals surface area contributed by atoms with Gasteiger partial charge in [-0.2, -0.15) is 0 Å². The van der Waals surface area contributed by atoms with Gasteiger partial charge in [-0.25, -0.2) is 0 Å². The summed E-state index contributed by atoms with van der Waals surface area (Å²) in [5.74, 6) is -3.43. The van der Waals surface area contributed by atoms with Crippen LogP contribution in [0.4, 0.5) is 0 Å². The van der Waals surface area contributed by atoms with Crippen LogP contribution in [0.3, 0.4) is 0 Å². The van der Waals surface area contributed by atoms with Crippen molar-refractivity contribution in [2.24, 2.45) is 0 Å². The third-order valence-electron chi connectivity index (χ3n) is 1.46. The molecular formula is C12H12AlBr3O6.